The number of carbonyl (C=O) groups is 1. The lowest BCUT2D eigenvalue weighted by Gasteiger charge is -2.24. The maximum atomic E-state index is 12.6. The van der Waals surface area contributed by atoms with E-state index in [1.54, 1.807) is 0 Å². The maximum absolute atomic E-state index is 12.6. The summed E-state index contributed by atoms with van der Waals surface area (Å²) in [5.74, 6) is 0.606. The standard InChI is InChI=1S/C19H23N3OS/c1-14-11-15(2)21-19(20-14)24-13-18(23)22-10-6-9-17(22)12-16-7-4-3-5-8-16/h3-5,7-8,11,17H,6,9-10,12-13H2,1-2H3. The highest BCUT2D eigenvalue weighted by Crippen LogP contribution is 2.23. The molecule has 3 rings (SSSR count). The Bertz CT molecular complexity index is 685. The first-order chi connectivity index (χ1) is 11.6. The number of hydrogen-bond donors (Lipinski definition) is 0. The molecule has 1 atom stereocenters. The van der Waals surface area contributed by atoms with Crippen LogP contribution in [0.15, 0.2) is 41.6 Å². The molecule has 1 fully saturated rings. The number of nitrogens with zero attached hydrogens (tertiary/aromatic N) is 3. The van der Waals surface area contributed by atoms with Gasteiger partial charge in [-0.25, -0.2) is 9.97 Å². The van der Waals surface area contributed by atoms with Gasteiger partial charge in [0.2, 0.25) is 5.91 Å². The van der Waals surface area contributed by atoms with Crippen molar-refractivity contribution in [2.75, 3.05) is 12.3 Å². The van der Waals surface area contributed by atoms with Crippen molar-refractivity contribution in [1.82, 2.24) is 14.9 Å². The number of aromatic nitrogens is 2. The summed E-state index contributed by atoms with van der Waals surface area (Å²) in [7, 11) is 0. The number of thioether (sulfide) groups is 1. The molecule has 0 N–H and O–H groups in total. The topological polar surface area (TPSA) is 46.1 Å². The molecule has 5 heteroatoms. The normalized spacial score (nSPS) is 17.2. The number of hydrogen-bond acceptors (Lipinski definition) is 4. The van der Waals surface area contributed by atoms with Crippen molar-refractivity contribution >= 4 is 17.7 Å². The molecule has 0 aliphatic carbocycles. The summed E-state index contributed by atoms with van der Waals surface area (Å²) < 4.78 is 0. The van der Waals surface area contributed by atoms with Gasteiger partial charge < -0.3 is 4.90 Å². The third-order valence-corrected chi connectivity index (χ3v) is 5.13. The molecule has 24 heavy (non-hydrogen) atoms. The highest BCUT2D eigenvalue weighted by atomic mass is 32.2. The molecule has 0 spiro atoms. The zero-order chi connectivity index (χ0) is 16.9. The Morgan fingerprint density at radius 2 is 1.92 bits per heavy atom. The molecule has 4 nitrogen and oxygen atoms in total. The summed E-state index contributed by atoms with van der Waals surface area (Å²) in [5, 5.41) is 0.694. The quantitative estimate of drug-likeness (QED) is 0.617. The Kier molecular flexibility index (Phi) is 5.51. The smallest absolute Gasteiger partial charge is 0.233 e. The fraction of sp³-hybridized carbons (Fsp3) is 0.421. The van der Waals surface area contributed by atoms with Crippen molar-refractivity contribution in [1.29, 1.82) is 0 Å². The van der Waals surface area contributed by atoms with Crippen LogP contribution in [-0.2, 0) is 11.2 Å². The number of likely N-dealkylation sites (tertiary alicyclic amines) is 1. The van der Waals surface area contributed by atoms with E-state index in [2.05, 4.69) is 34.2 Å². The van der Waals surface area contributed by atoms with Crippen molar-refractivity contribution in [3.63, 3.8) is 0 Å². The fourth-order valence-corrected chi connectivity index (χ4v) is 4.07. The number of carbonyl (C=O) groups excluding carboxylic acids is 1. The van der Waals surface area contributed by atoms with Crippen molar-refractivity contribution in [3.05, 3.63) is 53.3 Å². The van der Waals surface area contributed by atoms with Gasteiger partial charge in [-0.1, -0.05) is 42.1 Å². The van der Waals surface area contributed by atoms with Crippen LogP contribution < -0.4 is 0 Å². The van der Waals surface area contributed by atoms with E-state index in [0.717, 1.165) is 37.2 Å². The van der Waals surface area contributed by atoms with Gasteiger partial charge in [-0.15, -0.1) is 0 Å². The van der Waals surface area contributed by atoms with Crippen LogP contribution in [0, 0.1) is 13.8 Å². The Morgan fingerprint density at radius 3 is 2.62 bits per heavy atom. The van der Waals surface area contributed by atoms with Crippen LogP contribution in [0.2, 0.25) is 0 Å². The van der Waals surface area contributed by atoms with E-state index in [9.17, 15) is 4.79 Å². The monoisotopic (exact) mass is 341 g/mol. The molecule has 2 aromatic rings. The van der Waals surface area contributed by atoms with Crippen LogP contribution in [0.25, 0.3) is 0 Å². The summed E-state index contributed by atoms with van der Waals surface area (Å²) in [4.78, 5) is 23.5. The van der Waals surface area contributed by atoms with E-state index in [4.69, 9.17) is 0 Å². The molecule has 1 saturated heterocycles. The van der Waals surface area contributed by atoms with Gasteiger partial charge in [0.1, 0.15) is 0 Å². The van der Waals surface area contributed by atoms with Gasteiger partial charge in [-0.3, -0.25) is 4.79 Å². The van der Waals surface area contributed by atoms with Gasteiger partial charge in [-0.05, 0) is 44.7 Å². The average Bonchev–Trinajstić information content (AvgIpc) is 3.01. The summed E-state index contributed by atoms with van der Waals surface area (Å²) in [5.41, 5.74) is 3.19. The van der Waals surface area contributed by atoms with Crippen LogP contribution in [0.5, 0.6) is 0 Å². The Labute approximate surface area is 147 Å². The van der Waals surface area contributed by atoms with Gasteiger partial charge in [0.25, 0.3) is 0 Å². The minimum atomic E-state index is 0.196. The van der Waals surface area contributed by atoms with E-state index in [1.807, 2.05) is 30.9 Å². The van der Waals surface area contributed by atoms with E-state index in [-0.39, 0.29) is 5.91 Å². The number of aryl methyl sites for hydroxylation is 2. The number of amides is 1. The molecule has 1 amide bonds. The Balaban J connectivity index is 1.59. The first kappa shape index (κ1) is 17.0. The maximum Gasteiger partial charge on any atom is 0.233 e. The molecule has 126 valence electrons. The van der Waals surface area contributed by atoms with Crippen molar-refractivity contribution in [3.8, 4) is 0 Å². The van der Waals surface area contributed by atoms with Gasteiger partial charge in [-0.2, -0.15) is 0 Å². The average molecular weight is 341 g/mol. The van der Waals surface area contributed by atoms with Crippen LogP contribution in [0.1, 0.15) is 29.8 Å². The second kappa shape index (κ2) is 7.79. The van der Waals surface area contributed by atoms with E-state index >= 15 is 0 Å². The van der Waals surface area contributed by atoms with E-state index < -0.39 is 0 Å². The molecule has 0 bridgehead atoms. The van der Waals surface area contributed by atoms with Crippen molar-refractivity contribution < 1.29 is 4.79 Å². The van der Waals surface area contributed by atoms with Crippen molar-refractivity contribution in [2.45, 2.75) is 44.3 Å². The molecule has 1 aliphatic heterocycles. The minimum absolute atomic E-state index is 0.196. The molecule has 1 aliphatic rings. The van der Waals surface area contributed by atoms with Gasteiger partial charge >= 0.3 is 0 Å². The summed E-state index contributed by atoms with van der Waals surface area (Å²) in [6, 6.07) is 12.7. The highest BCUT2D eigenvalue weighted by Gasteiger charge is 2.28. The second-order valence-corrected chi connectivity index (χ2v) is 7.24. The summed E-state index contributed by atoms with van der Waals surface area (Å²) >= 11 is 1.44. The van der Waals surface area contributed by atoms with Crippen molar-refractivity contribution in [2.24, 2.45) is 0 Å². The molecule has 1 aromatic carbocycles. The van der Waals surface area contributed by atoms with E-state index in [0.29, 0.717) is 17.0 Å². The molecule has 0 saturated carbocycles. The molecular weight excluding hydrogens is 318 g/mol. The largest absolute Gasteiger partial charge is 0.339 e. The zero-order valence-corrected chi connectivity index (χ0v) is 15.1. The molecule has 1 aromatic heterocycles. The molecular formula is C19H23N3OS. The Hall–Kier alpha value is -1.88. The van der Waals surface area contributed by atoms with Crippen LogP contribution >= 0.6 is 11.8 Å². The SMILES string of the molecule is Cc1cc(C)nc(SCC(=O)N2CCCC2Cc2ccccc2)n1. The summed E-state index contributed by atoms with van der Waals surface area (Å²) in [6.45, 7) is 4.78. The fourth-order valence-electron chi connectivity index (χ4n) is 3.23. The molecule has 0 radical (unpaired) electrons. The lowest BCUT2D eigenvalue weighted by atomic mass is 10.0. The van der Waals surface area contributed by atoms with Gasteiger partial charge in [0, 0.05) is 24.0 Å². The predicted octanol–water partition coefficient (Wildman–Crippen LogP) is 3.42. The number of rotatable bonds is 5. The Morgan fingerprint density at radius 1 is 1.21 bits per heavy atom. The van der Waals surface area contributed by atoms with Crippen LogP contribution in [-0.4, -0.2) is 39.1 Å². The highest BCUT2D eigenvalue weighted by molar-refractivity contribution is 7.99. The zero-order valence-electron chi connectivity index (χ0n) is 14.2. The predicted molar refractivity (Wildman–Crippen MR) is 97.1 cm³/mol. The number of benzene rings is 1. The first-order valence-corrected chi connectivity index (χ1v) is 9.39. The third-order valence-electron chi connectivity index (χ3n) is 4.30. The molecule has 1 unspecified atom stereocenters. The summed E-state index contributed by atoms with van der Waals surface area (Å²) in [6.07, 6.45) is 3.12. The van der Waals surface area contributed by atoms with Gasteiger partial charge in [0.15, 0.2) is 5.16 Å². The lowest BCUT2D eigenvalue weighted by molar-refractivity contribution is -0.129. The van der Waals surface area contributed by atoms with Crippen LogP contribution in [0.4, 0.5) is 0 Å². The molecule has 2 heterocycles. The van der Waals surface area contributed by atoms with Crippen LogP contribution in [0.3, 0.4) is 0 Å². The van der Waals surface area contributed by atoms with E-state index in [1.165, 1.54) is 17.3 Å². The van der Waals surface area contributed by atoms with Gasteiger partial charge in [0.05, 0.1) is 5.75 Å². The first-order valence-electron chi connectivity index (χ1n) is 8.40. The third kappa shape index (κ3) is 4.35. The lowest BCUT2D eigenvalue weighted by Crippen LogP contribution is -2.38. The minimum Gasteiger partial charge on any atom is -0.339 e. The second-order valence-electron chi connectivity index (χ2n) is 6.29.